The van der Waals surface area contributed by atoms with Crippen LogP contribution in [0, 0.1) is 0 Å². The summed E-state index contributed by atoms with van der Waals surface area (Å²) in [6, 6.07) is 11.7. The van der Waals surface area contributed by atoms with Crippen molar-refractivity contribution in [3.05, 3.63) is 54.1 Å². The van der Waals surface area contributed by atoms with Crippen molar-refractivity contribution in [3.63, 3.8) is 0 Å². The lowest BCUT2D eigenvalue weighted by atomic mass is 10.2. The summed E-state index contributed by atoms with van der Waals surface area (Å²) in [5, 5.41) is 9.76. The molecule has 0 bridgehead atoms. The second-order valence-electron chi connectivity index (χ2n) is 6.10. The van der Waals surface area contributed by atoms with E-state index in [0.717, 1.165) is 17.6 Å². The first-order valence-corrected chi connectivity index (χ1v) is 12.6. The minimum atomic E-state index is -3.95. The molecular formula is C17H17N5O6S3. The highest BCUT2D eigenvalue weighted by Crippen LogP contribution is 2.23. The lowest BCUT2D eigenvalue weighted by Crippen LogP contribution is -2.16. The van der Waals surface area contributed by atoms with Gasteiger partial charge in [0, 0.05) is 11.3 Å². The first kappa shape index (κ1) is 22.5. The zero-order valence-corrected chi connectivity index (χ0v) is 18.6. The van der Waals surface area contributed by atoms with Gasteiger partial charge in [0.1, 0.15) is 5.75 Å². The van der Waals surface area contributed by atoms with Gasteiger partial charge in [-0.2, -0.15) is 0 Å². The Kier molecular flexibility index (Phi) is 6.42. The third-order valence-corrected chi connectivity index (χ3v) is 6.49. The number of rotatable bonds is 8. The highest BCUT2D eigenvalue weighted by atomic mass is 32.2. The zero-order valence-electron chi connectivity index (χ0n) is 16.2. The molecule has 1 aromatic heterocycles. The molecule has 3 rings (SSSR count). The lowest BCUT2D eigenvalue weighted by molar-refractivity contribution is 0.102. The average molecular weight is 484 g/mol. The van der Waals surface area contributed by atoms with Crippen LogP contribution in [0.4, 0.5) is 16.0 Å². The van der Waals surface area contributed by atoms with Gasteiger partial charge in [-0.1, -0.05) is 17.4 Å². The highest BCUT2D eigenvalue weighted by molar-refractivity contribution is 7.92. The highest BCUT2D eigenvalue weighted by Gasteiger charge is 2.18. The number of nitrogens with one attached hydrogen (secondary N) is 3. The van der Waals surface area contributed by atoms with E-state index in [0.29, 0.717) is 11.4 Å². The average Bonchev–Trinajstić information content (AvgIpc) is 3.13. The molecule has 0 radical (unpaired) electrons. The molecule has 0 aliphatic carbocycles. The van der Waals surface area contributed by atoms with Crippen LogP contribution in [-0.4, -0.2) is 46.3 Å². The zero-order chi connectivity index (χ0) is 22.6. The number of carbonyl (C=O) groups is 1. The Hall–Kier alpha value is -3.23. The van der Waals surface area contributed by atoms with Gasteiger partial charge in [0.05, 0.1) is 18.3 Å². The van der Waals surface area contributed by atoms with Crippen LogP contribution in [0.15, 0.2) is 53.4 Å². The van der Waals surface area contributed by atoms with Crippen molar-refractivity contribution in [2.75, 3.05) is 28.1 Å². The van der Waals surface area contributed by atoms with E-state index < -0.39 is 26.0 Å². The Morgan fingerprint density at radius 1 is 0.968 bits per heavy atom. The summed E-state index contributed by atoms with van der Waals surface area (Å²) < 4.78 is 57.4. The van der Waals surface area contributed by atoms with E-state index in [1.165, 1.54) is 31.4 Å². The molecule has 14 heteroatoms. The molecule has 0 atom stereocenters. The van der Waals surface area contributed by atoms with Crippen LogP contribution in [0.1, 0.15) is 10.4 Å². The minimum absolute atomic E-state index is 0.0159. The van der Waals surface area contributed by atoms with E-state index in [-0.39, 0.29) is 20.7 Å². The van der Waals surface area contributed by atoms with Crippen LogP contribution >= 0.6 is 11.3 Å². The maximum atomic E-state index is 12.7. The lowest BCUT2D eigenvalue weighted by Gasteiger charge is -2.10. The van der Waals surface area contributed by atoms with Gasteiger partial charge >= 0.3 is 0 Å². The molecule has 3 aromatic rings. The summed E-state index contributed by atoms with van der Waals surface area (Å²) in [5.41, 5.74) is 0.390. The van der Waals surface area contributed by atoms with Crippen molar-refractivity contribution in [2.24, 2.45) is 0 Å². The Balaban J connectivity index is 1.74. The number of sulfonamides is 2. The van der Waals surface area contributed by atoms with Crippen molar-refractivity contribution in [3.8, 4) is 5.75 Å². The van der Waals surface area contributed by atoms with Gasteiger partial charge in [-0.3, -0.25) is 19.6 Å². The number of hydrogen-bond acceptors (Lipinski definition) is 9. The number of methoxy groups -OCH3 is 1. The van der Waals surface area contributed by atoms with Crippen LogP contribution in [0.3, 0.4) is 0 Å². The predicted molar refractivity (Wildman–Crippen MR) is 117 cm³/mol. The van der Waals surface area contributed by atoms with Crippen molar-refractivity contribution < 1.29 is 26.4 Å². The second kappa shape index (κ2) is 8.87. The number of ether oxygens (including phenoxy) is 1. The summed E-state index contributed by atoms with van der Waals surface area (Å²) in [5.74, 6) is -0.0586. The number of carbonyl (C=O) groups excluding carboxylic acids is 1. The topological polar surface area (TPSA) is 156 Å². The number of nitrogens with zero attached hydrogens (tertiary/aromatic N) is 2. The standard InChI is InChI=1S/C17H17N5O6S3/c1-28-13-8-6-12(7-9-13)21-31(26,27)14-5-3-4-11(10-14)15(23)18-16-19-20-17(29-16)22-30(2,24)25/h3-10,21H,1-2H3,(H,20,22)(H,18,19,23). The van der Waals surface area contributed by atoms with Gasteiger partial charge in [-0.25, -0.2) is 16.8 Å². The van der Waals surface area contributed by atoms with Gasteiger partial charge in [-0.05, 0) is 42.5 Å². The number of anilines is 3. The van der Waals surface area contributed by atoms with E-state index in [1.807, 2.05) is 0 Å². The molecule has 31 heavy (non-hydrogen) atoms. The summed E-state index contributed by atoms with van der Waals surface area (Å²) >= 11 is 0.812. The number of aromatic nitrogens is 2. The van der Waals surface area contributed by atoms with Gasteiger partial charge < -0.3 is 4.74 Å². The normalized spacial score (nSPS) is 11.5. The summed E-state index contributed by atoms with van der Waals surface area (Å²) in [7, 11) is -5.98. The summed E-state index contributed by atoms with van der Waals surface area (Å²) in [6.07, 6.45) is 0.957. The third-order valence-electron chi connectivity index (χ3n) is 3.67. The Morgan fingerprint density at radius 3 is 2.29 bits per heavy atom. The SMILES string of the molecule is COc1ccc(NS(=O)(=O)c2cccc(C(=O)Nc3nnc(NS(C)(=O)=O)s3)c2)cc1. The molecule has 0 aliphatic rings. The fourth-order valence-electron chi connectivity index (χ4n) is 2.32. The number of amides is 1. The van der Waals surface area contributed by atoms with Gasteiger partial charge in [0.15, 0.2) is 0 Å². The molecule has 1 amide bonds. The van der Waals surface area contributed by atoms with E-state index in [1.54, 1.807) is 24.3 Å². The van der Waals surface area contributed by atoms with Crippen molar-refractivity contribution in [1.82, 2.24) is 10.2 Å². The maximum absolute atomic E-state index is 12.7. The van der Waals surface area contributed by atoms with Gasteiger partial charge in [-0.15, -0.1) is 10.2 Å². The van der Waals surface area contributed by atoms with Crippen LogP contribution in [0.2, 0.25) is 0 Å². The number of hydrogen-bond donors (Lipinski definition) is 3. The molecule has 164 valence electrons. The monoisotopic (exact) mass is 483 g/mol. The van der Waals surface area contributed by atoms with Crippen LogP contribution in [0.5, 0.6) is 5.75 Å². The molecular weight excluding hydrogens is 466 g/mol. The van der Waals surface area contributed by atoms with Crippen molar-refractivity contribution in [2.45, 2.75) is 4.90 Å². The summed E-state index contributed by atoms with van der Waals surface area (Å²) in [4.78, 5) is 12.4. The maximum Gasteiger partial charge on any atom is 0.261 e. The molecule has 2 aromatic carbocycles. The molecule has 3 N–H and O–H groups in total. The Morgan fingerprint density at radius 2 is 1.65 bits per heavy atom. The molecule has 0 saturated carbocycles. The smallest absolute Gasteiger partial charge is 0.261 e. The fraction of sp³-hybridized carbons (Fsp3) is 0.118. The molecule has 0 fully saturated rings. The molecule has 0 saturated heterocycles. The van der Waals surface area contributed by atoms with Crippen LogP contribution in [-0.2, 0) is 20.0 Å². The fourth-order valence-corrected chi connectivity index (χ4v) is 4.89. The van der Waals surface area contributed by atoms with E-state index in [9.17, 15) is 21.6 Å². The predicted octanol–water partition coefficient (Wildman–Crippen LogP) is 1.97. The molecule has 0 unspecified atom stereocenters. The molecule has 0 aliphatic heterocycles. The first-order chi connectivity index (χ1) is 14.6. The summed E-state index contributed by atoms with van der Waals surface area (Å²) in [6.45, 7) is 0. The largest absolute Gasteiger partial charge is 0.497 e. The molecule has 0 spiro atoms. The minimum Gasteiger partial charge on any atom is -0.497 e. The van der Waals surface area contributed by atoms with Gasteiger partial charge in [0.25, 0.3) is 15.9 Å². The number of benzene rings is 2. The van der Waals surface area contributed by atoms with E-state index in [2.05, 4.69) is 25.0 Å². The second-order valence-corrected chi connectivity index (χ2v) is 10.5. The van der Waals surface area contributed by atoms with E-state index in [4.69, 9.17) is 4.74 Å². The molecule has 1 heterocycles. The van der Waals surface area contributed by atoms with Crippen molar-refractivity contribution in [1.29, 1.82) is 0 Å². The van der Waals surface area contributed by atoms with Crippen LogP contribution < -0.4 is 19.5 Å². The molecule has 11 nitrogen and oxygen atoms in total. The Bertz CT molecular complexity index is 1300. The first-order valence-electron chi connectivity index (χ1n) is 8.45. The van der Waals surface area contributed by atoms with Crippen molar-refractivity contribution >= 4 is 53.2 Å². The van der Waals surface area contributed by atoms with E-state index >= 15 is 0 Å². The quantitative estimate of drug-likeness (QED) is 0.439. The van der Waals surface area contributed by atoms with Gasteiger partial charge in [0.2, 0.25) is 20.3 Å². The Labute approximate surface area is 182 Å². The third kappa shape index (κ3) is 6.13. The van der Waals surface area contributed by atoms with Crippen LogP contribution in [0.25, 0.3) is 0 Å².